The number of nitrogens with zero attached hydrogens (tertiary/aromatic N) is 3. The molecule has 2 amide bonds. The van der Waals surface area contributed by atoms with Crippen molar-refractivity contribution in [1.29, 1.82) is 0 Å². The molecule has 0 radical (unpaired) electrons. The molecule has 34 heavy (non-hydrogen) atoms. The second kappa shape index (κ2) is 12.2. The molecule has 2 aromatic carbocycles. The fourth-order valence-corrected chi connectivity index (χ4v) is 3.84. The quantitative estimate of drug-likeness (QED) is 0.461. The zero-order valence-corrected chi connectivity index (χ0v) is 20.1. The van der Waals surface area contributed by atoms with Crippen molar-refractivity contribution in [3.63, 3.8) is 0 Å². The lowest BCUT2D eigenvalue weighted by Crippen LogP contribution is -2.43. The maximum atomic E-state index is 13.4. The third-order valence-corrected chi connectivity index (χ3v) is 5.61. The van der Waals surface area contributed by atoms with E-state index in [1.807, 2.05) is 25.1 Å². The minimum absolute atomic E-state index is 0.154. The van der Waals surface area contributed by atoms with Gasteiger partial charge in [0.25, 0.3) is 5.56 Å². The van der Waals surface area contributed by atoms with Crippen molar-refractivity contribution in [3.05, 3.63) is 64.7 Å². The summed E-state index contributed by atoms with van der Waals surface area (Å²) in [4.78, 5) is 33.2. The average Bonchev–Trinajstić information content (AvgIpc) is 2.86. The number of carbonyl (C=O) groups excluding carboxylic acids is 1. The van der Waals surface area contributed by atoms with Gasteiger partial charge in [0, 0.05) is 26.5 Å². The van der Waals surface area contributed by atoms with E-state index in [0.717, 1.165) is 0 Å². The van der Waals surface area contributed by atoms with Gasteiger partial charge in [-0.25, -0.2) is 9.78 Å². The number of anilines is 1. The number of nitrogens with one attached hydrogen (secondary N) is 1. The Bertz CT molecular complexity index is 1150. The second-order valence-electron chi connectivity index (χ2n) is 7.71. The Morgan fingerprint density at radius 3 is 2.41 bits per heavy atom. The van der Waals surface area contributed by atoms with Crippen LogP contribution in [0.4, 0.5) is 10.5 Å². The summed E-state index contributed by atoms with van der Waals surface area (Å²) in [6, 6.07) is 13.6. The summed E-state index contributed by atoms with van der Waals surface area (Å²) in [5.41, 5.74) is 1.07. The molecule has 3 aromatic rings. The third kappa shape index (κ3) is 5.73. The minimum atomic E-state index is -0.456. The molecule has 0 aliphatic rings. The molecule has 0 bridgehead atoms. The molecular formula is C25H32N4O5. The van der Waals surface area contributed by atoms with Gasteiger partial charge in [-0.1, -0.05) is 19.1 Å². The van der Waals surface area contributed by atoms with E-state index in [-0.39, 0.29) is 11.6 Å². The average molecular weight is 469 g/mol. The fraction of sp³-hybridized carbons (Fsp3) is 0.400. The van der Waals surface area contributed by atoms with Crippen molar-refractivity contribution < 1.29 is 19.0 Å². The number of hydrogen-bond acceptors (Lipinski definition) is 6. The van der Waals surface area contributed by atoms with Crippen LogP contribution < -0.4 is 15.6 Å². The van der Waals surface area contributed by atoms with E-state index in [0.29, 0.717) is 60.9 Å². The molecule has 0 spiro atoms. The monoisotopic (exact) mass is 468 g/mol. The molecule has 0 aliphatic heterocycles. The summed E-state index contributed by atoms with van der Waals surface area (Å²) >= 11 is 0. The predicted molar refractivity (Wildman–Crippen MR) is 132 cm³/mol. The summed E-state index contributed by atoms with van der Waals surface area (Å²) in [6.45, 7) is 3.30. The standard InChI is InChI=1S/C25H32N4O5/c1-5-22(23-27-21-9-7-6-8-20(21)24(30)29(23)15-17-33-3)28(14-16-32-2)25(31)26-18-10-12-19(34-4)13-11-18/h6-13,22H,5,14-17H2,1-4H3,(H,26,31). The highest BCUT2D eigenvalue weighted by atomic mass is 16.5. The lowest BCUT2D eigenvalue weighted by atomic mass is 10.1. The van der Waals surface area contributed by atoms with Crippen molar-refractivity contribution >= 4 is 22.6 Å². The number of carbonyl (C=O) groups is 1. The number of aromatic nitrogens is 2. The fourth-order valence-electron chi connectivity index (χ4n) is 3.84. The SMILES string of the molecule is CCC(c1nc2ccccc2c(=O)n1CCOC)N(CCOC)C(=O)Nc1ccc(OC)cc1. The van der Waals surface area contributed by atoms with E-state index in [9.17, 15) is 9.59 Å². The van der Waals surface area contributed by atoms with E-state index < -0.39 is 6.04 Å². The van der Waals surface area contributed by atoms with E-state index in [4.69, 9.17) is 19.2 Å². The molecule has 0 aliphatic carbocycles. The van der Waals surface area contributed by atoms with Crippen LogP contribution in [0.2, 0.25) is 0 Å². The topological polar surface area (TPSA) is 94.9 Å². The van der Waals surface area contributed by atoms with E-state index in [1.165, 1.54) is 0 Å². The zero-order valence-electron chi connectivity index (χ0n) is 20.1. The van der Waals surface area contributed by atoms with E-state index in [2.05, 4.69) is 5.32 Å². The smallest absolute Gasteiger partial charge is 0.322 e. The van der Waals surface area contributed by atoms with E-state index in [1.54, 1.807) is 61.1 Å². The van der Waals surface area contributed by atoms with Crippen molar-refractivity contribution in [2.75, 3.05) is 46.4 Å². The number of amides is 2. The van der Waals surface area contributed by atoms with Gasteiger partial charge in [0.15, 0.2) is 0 Å². The largest absolute Gasteiger partial charge is 0.497 e. The van der Waals surface area contributed by atoms with Crippen LogP contribution in [-0.2, 0) is 16.0 Å². The zero-order chi connectivity index (χ0) is 24.5. The van der Waals surface area contributed by atoms with Crippen LogP contribution in [0.1, 0.15) is 25.2 Å². The number of methoxy groups -OCH3 is 3. The molecule has 9 nitrogen and oxygen atoms in total. The molecule has 0 saturated carbocycles. The Kier molecular flexibility index (Phi) is 9.00. The second-order valence-corrected chi connectivity index (χ2v) is 7.71. The van der Waals surface area contributed by atoms with Gasteiger partial charge < -0.3 is 24.4 Å². The number of hydrogen-bond donors (Lipinski definition) is 1. The van der Waals surface area contributed by atoms with Gasteiger partial charge in [-0.15, -0.1) is 0 Å². The Hall–Kier alpha value is -3.43. The van der Waals surface area contributed by atoms with Crippen LogP contribution in [0.5, 0.6) is 5.75 Å². The van der Waals surface area contributed by atoms with Gasteiger partial charge in [0.05, 0.1) is 43.8 Å². The lowest BCUT2D eigenvalue weighted by molar-refractivity contribution is 0.128. The Morgan fingerprint density at radius 2 is 1.76 bits per heavy atom. The molecule has 1 atom stereocenters. The maximum Gasteiger partial charge on any atom is 0.322 e. The molecule has 0 saturated heterocycles. The third-order valence-electron chi connectivity index (χ3n) is 5.61. The highest BCUT2D eigenvalue weighted by molar-refractivity contribution is 5.89. The summed E-state index contributed by atoms with van der Waals surface area (Å²) in [5, 5.41) is 3.47. The number of para-hydroxylation sites is 1. The molecule has 3 rings (SSSR count). The molecule has 0 fully saturated rings. The Balaban J connectivity index is 2.03. The van der Waals surface area contributed by atoms with Gasteiger partial charge in [-0.2, -0.15) is 0 Å². The van der Waals surface area contributed by atoms with Gasteiger partial charge in [-0.05, 0) is 42.8 Å². The normalized spacial score (nSPS) is 11.9. The molecule has 1 unspecified atom stereocenters. The van der Waals surface area contributed by atoms with Crippen molar-refractivity contribution in [2.45, 2.75) is 25.9 Å². The van der Waals surface area contributed by atoms with Gasteiger partial charge in [-0.3, -0.25) is 9.36 Å². The van der Waals surface area contributed by atoms with Crippen LogP contribution in [0, 0.1) is 0 Å². The number of ether oxygens (including phenoxy) is 3. The van der Waals surface area contributed by atoms with Crippen LogP contribution in [-0.4, -0.2) is 61.6 Å². The van der Waals surface area contributed by atoms with Crippen LogP contribution in [0.25, 0.3) is 10.9 Å². The molecule has 9 heteroatoms. The van der Waals surface area contributed by atoms with Crippen molar-refractivity contribution in [3.8, 4) is 5.75 Å². The number of rotatable bonds is 11. The summed E-state index contributed by atoms with van der Waals surface area (Å²) in [6.07, 6.45) is 0.553. The van der Waals surface area contributed by atoms with E-state index >= 15 is 0 Å². The Labute approximate surface area is 199 Å². The van der Waals surface area contributed by atoms with Gasteiger partial charge in [0.2, 0.25) is 0 Å². The predicted octanol–water partition coefficient (Wildman–Crippen LogP) is 3.68. The van der Waals surface area contributed by atoms with Gasteiger partial charge >= 0.3 is 6.03 Å². The maximum absolute atomic E-state index is 13.4. The summed E-state index contributed by atoms with van der Waals surface area (Å²) < 4.78 is 17.3. The summed E-state index contributed by atoms with van der Waals surface area (Å²) in [5.74, 6) is 1.22. The minimum Gasteiger partial charge on any atom is -0.497 e. The number of urea groups is 1. The number of benzene rings is 2. The highest BCUT2D eigenvalue weighted by Crippen LogP contribution is 2.25. The number of fused-ring (bicyclic) bond motifs is 1. The molecule has 1 aromatic heterocycles. The molecule has 182 valence electrons. The van der Waals surface area contributed by atoms with Gasteiger partial charge in [0.1, 0.15) is 11.6 Å². The first kappa shape index (κ1) is 25.2. The highest BCUT2D eigenvalue weighted by Gasteiger charge is 2.28. The van der Waals surface area contributed by atoms with Crippen molar-refractivity contribution in [2.24, 2.45) is 0 Å². The first-order chi connectivity index (χ1) is 16.5. The van der Waals surface area contributed by atoms with Crippen LogP contribution >= 0.6 is 0 Å². The molecular weight excluding hydrogens is 436 g/mol. The molecule has 1 heterocycles. The molecule has 1 N–H and O–H groups in total. The van der Waals surface area contributed by atoms with Crippen molar-refractivity contribution in [1.82, 2.24) is 14.5 Å². The van der Waals surface area contributed by atoms with Crippen LogP contribution in [0.15, 0.2) is 53.3 Å². The summed E-state index contributed by atoms with van der Waals surface area (Å²) in [7, 11) is 4.76. The first-order valence-electron chi connectivity index (χ1n) is 11.2. The lowest BCUT2D eigenvalue weighted by Gasteiger charge is -2.32. The first-order valence-corrected chi connectivity index (χ1v) is 11.2. The Morgan fingerprint density at radius 1 is 1.06 bits per heavy atom. The van der Waals surface area contributed by atoms with Crippen LogP contribution in [0.3, 0.4) is 0 Å².